The van der Waals surface area contributed by atoms with Crippen molar-refractivity contribution < 1.29 is 9.72 Å². The van der Waals surface area contributed by atoms with E-state index in [1.807, 2.05) is 60.7 Å². The largest absolute Gasteiger partial charge is 0.303 e. The van der Waals surface area contributed by atoms with Gasteiger partial charge >= 0.3 is 0 Å². The predicted molar refractivity (Wildman–Crippen MR) is 76.3 cm³/mol. The van der Waals surface area contributed by atoms with E-state index in [-0.39, 0.29) is 11.5 Å². The molecule has 0 fully saturated rings. The van der Waals surface area contributed by atoms with E-state index in [4.69, 9.17) is 0 Å². The van der Waals surface area contributed by atoms with Gasteiger partial charge in [-0.3, -0.25) is 10.1 Å². The molecule has 2 aromatic rings. The molecule has 2 rings (SSSR count). The normalized spacial score (nSPS) is 13.4. The van der Waals surface area contributed by atoms with Crippen LogP contribution >= 0.6 is 0 Å². The molecular weight excluding hydrogens is 254 g/mol. The molecule has 0 unspecified atom stereocenters. The highest BCUT2D eigenvalue weighted by Crippen LogP contribution is 2.31. The van der Waals surface area contributed by atoms with E-state index in [1.165, 1.54) is 0 Å². The molecule has 2 aromatic carbocycles. The van der Waals surface area contributed by atoms with Crippen LogP contribution in [0.5, 0.6) is 0 Å². The second-order valence-electron chi connectivity index (χ2n) is 4.61. The van der Waals surface area contributed by atoms with Crippen LogP contribution in [0.4, 0.5) is 0 Å². The minimum Gasteiger partial charge on any atom is -0.303 e. The van der Waals surface area contributed by atoms with Gasteiger partial charge in [0, 0.05) is 4.92 Å². The zero-order chi connectivity index (χ0) is 14.4. The molecule has 0 bridgehead atoms. The highest BCUT2D eigenvalue weighted by atomic mass is 16.6. The van der Waals surface area contributed by atoms with Crippen LogP contribution in [0, 0.1) is 10.1 Å². The van der Waals surface area contributed by atoms with Crippen molar-refractivity contribution in [2.45, 2.75) is 11.8 Å². The standard InChI is InChI=1S/C16H15NO3/c18-12-16(14-9-5-2-6-10-14)15(11-17(19)20)13-7-3-1-4-8-13/h1-10,12,15-16H,11H2/t15-,16-/m1/s1. The number of carbonyl (C=O) groups is 1. The van der Waals surface area contributed by atoms with Crippen LogP contribution in [-0.2, 0) is 4.79 Å². The molecule has 0 heterocycles. The highest BCUT2D eigenvalue weighted by Gasteiger charge is 2.28. The quantitative estimate of drug-likeness (QED) is 0.460. The Balaban J connectivity index is 2.39. The summed E-state index contributed by atoms with van der Waals surface area (Å²) in [4.78, 5) is 22.0. The van der Waals surface area contributed by atoms with E-state index in [9.17, 15) is 14.9 Å². The summed E-state index contributed by atoms with van der Waals surface area (Å²) in [6.07, 6.45) is 0.802. The first-order valence-corrected chi connectivity index (χ1v) is 6.39. The van der Waals surface area contributed by atoms with Crippen molar-refractivity contribution in [3.05, 3.63) is 81.9 Å². The topological polar surface area (TPSA) is 60.2 Å². The van der Waals surface area contributed by atoms with E-state index in [1.54, 1.807) is 0 Å². The van der Waals surface area contributed by atoms with Gasteiger partial charge in [0.15, 0.2) is 0 Å². The van der Waals surface area contributed by atoms with Gasteiger partial charge < -0.3 is 4.79 Å². The van der Waals surface area contributed by atoms with E-state index < -0.39 is 11.8 Å². The van der Waals surface area contributed by atoms with Crippen molar-refractivity contribution >= 4 is 6.29 Å². The monoisotopic (exact) mass is 269 g/mol. The fourth-order valence-corrected chi connectivity index (χ4v) is 2.37. The number of aldehydes is 1. The Morgan fingerprint density at radius 2 is 1.45 bits per heavy atom. The summed E-state index contributed by atoms with van der Waals surface area (Å²) < 4.78 is 0. The lowest BCUT2D eigenvalue weighted by atomic mass is 9.82. The molecule has 2 atom stereocenters. The number of nitro groups is 1. The number of carbonyl (C=O) groups excluding carboxylic acids is 1. The Kier molecular flexibility index (Phi) is 4.60. The van der Waals surface area contributed by atoms with Crippen molar-refractivity contribution in [2.24, 2.45) is 0 Å². The third kappa shape index (κ3) is 3.29. The molecule has 4 heteroatoms. The Morgan fingerprint density at radius 3 is 1.90 bits per heavy atom. The van der Waals surface area contributed by atoms with E-state index in [0.717, 1.165) is 17.4 Å². The summed E-state index contributed by atoms with van der Waals surface area (Å²) in [7, 11) is 0. The molecule has 4 nitrogen and oxygen atoms in total. The minimum absolute atomic E-state index is 0.262. The van der Waals surface area contributed by atoms with Crippen LogP contribution in [0.3, 0.4) is 0 Å². The van der Waals surface area contributed by atoms with Crippen LogP contribution in [-0.4, -0.2) is 17.8 Å². The SMILES string of the molecule is O=C[C@H](c1ccccc1)[C@H](C[N+](=O)[O-])c1ccccc1. The third-order valence-electron chi connectivity index (χ3n) is 3.34. The number of hydrogen-bond donors (Lipinski definition) is 0. The van der Waals surface area contributed by atoms with E-state index >= 15 is 0 Å². The summed E-state index contributed by atoms with van der Waals surface area (Å²) >= 11 is 0. The first-order chi connectivity index (χ1) is 9.72. The molecule has 0 spiro atoms. The average molecular weight is 269 g/mol. The lowest BCUT2D eigenvalue weighted by Gasteiger charge is -2.20. The van der Waals surface area contributed by atoms with Gasteiger partial charge in [-0.1, -0.05) is 60.7 Å². The number of benzene rings is 2. The zero-order valence-electron chi connectivity index (χ0n) is 10.9. The van der Waals surface area contributed by atoms with Crippen LogP contribution in [0.25, 0.3) is 0 Å². The van der Waals surface area contributed by atoms with Crippen LogP contribution < -0.4 is 0 Å². The Bertz CT molecular complexity index is 569. The predicted octanol–water partition coefficient (Wildman–Crippen LogP) is 3.03. The third-order valence-corrected chi connectivity index (χ3v) is 3.34. The maximum atomic E-state index is 11.5. The average Bonchev–Trinajstić information content (AvgIpc) is 2.49. The zero-order valence-corrected chi connectivity index (χ0v) is 10.9. The van der Waals surface area contributed by atoms with Gasteiger partial charge in [-0.05, 0) is 11.1 Å². The molecule has 0 aromatic heterocycles. The van der Waals surface area contributed by atoms with Crippen molar-refractivity contribution in [1.29, 1.82) is 0 Å². The highest BCUT2D eigenvalue weighted by molar-refractivity contribution is 5.64. The van der Waals surface area contributed by atoms with Crippen molar-refractivity contribution in [1.82, 2.24) is 0 Å². The molecular formula is C16H15NO3. The Hall–Kier alpha value is -2.49. The van der Waals surface area contributed by atoms with Gasteiger partial charge in [-0.2, -0.15) is 0 Å². The smallest absolute Gasteiger partial charge is 0.211 e. The van der Waals surface area contributed by atoms with Gasteiger partial charge in [0.05, 0.1) is 11.8 Å². The summed E-state index contributed by atoms with van der Waals surface area (Å²) in [5.74, 6) is -0.963. The van der Waals surface area contributed by atoms with Crippen LogP contribution in [0.15, 0.2) is 60.7 Å². The van der Waals surface area contributed by atoms with E-state index in [2.05, 4.69) is 0 Å². The van der Waals surface area contributed by atoms with Crippen molar-refractivity contribution in [3.63, 3.8) is 0 Å². The van der Waals surface area contributed by atoms with Gasteiger partial charge in [-0.15, -0.1) is 0 Å². The van der Waals surface area contributed by atoms with Gasteiger partial charge in [0.25, 0.3) is 0 Å². The van der Waals surface area contributed by atoms with Gasteiger partial charge in [0.1, 0.15) is 6.29 Å². The van der Waals surface area contributed by atoms with Crippen LogP contribution in [0.2, 0.25) is 0 Å². The summed E-state index contributed by atoms with van der Waals surface area (Å²) in [5, 5.41) is 10.9. The van der Waals surface area contributed by atoms with Gasteiger partial charge in [0.2, 0.25) is 6.54 Å². The lowest BCUT2D eigenvalue weighted by Crippen LogP contribution is -2.21. The number of nitrogens with zero attached hydrogens (tertiary/aromatic N) is 1. The fourth-order valence-electron chi connectivity index (χ4n) is 2.37. The van der Waals surface area contributed by atoms with Crippen LogP contribution in [0.1, 0.15) is 23.0 Å². The second kappa shape index (κ2) is 6.61. The molecule has 0 amide bonds. The summed E-state index contributed by atoms with van der Waals surface area (Å²) in [6.45, 7) is -0.262. The fraction of sp³-hybridized carbons (Fsp3) is 0.188. The summed E-state index contributed by atoms with van der Waals surface area (Å²) in [5.41, 5.74) is 1.61. The number of hydrogen-bond acceptors (Lipinski definition) is 3. The second-order valence-corrected chi connectivity index (χ2v) is 4.61. The molecule has 0 saturated heterocycles. The molecule has 0 radical (unpaired) electrons. The molecule has 0 saturated carbocycles. The summed E-state index contributed by atoms with van der Waals surface area (Å²) in [6, 6.07) is 18.3. The Labute approximate surface area is 117 Å². The minimum atomic E-state index is -0.510. The molecule has 0 aliphatic rings. The lowest BCUT2D eigenvalue weighted by molar-refractivity contribution is -0.483. The maximum Gasteiger partial charge on any atom is 0.211 e. The first kappa shape index (κ1) is 13.9. The van der Waals surface area contributed by atoms with Gasteiger partial charge in [-0.25, -0.2) is 0 Å². The maximum absolute atomic E-state index is 11.5. The molecule has 0 aliphatic carbocycles. The molecule has 102 valence electrons. The number of rotatable bonds is 6. The van der Waals surface area contributed by atoms with Crippen molar-refractivity contribution in [3.8, 4) is 0 Å². The Morgan fingerprint density at radius 1 is 0.950 bits per heavy atom. The van der Waals surface area contributed by atoms with E-state index in [0.29, 0.717) is 0 Å². The molecule has 0 N–H and O–H groups in total. The first-order valence-electron chi connectivity index (χ1n) is 6.39. The van der Waals surface area contributed by atoms with Crippen molar-refractivity contribution in [2.75, 3.05) is 6.54 Å². The molecule has 20 heavy (non-hydrogen) atoms. The molecule has 0 aliphatic heterocycles.